The standard InChI is InChI=1S/C14H18ClN3O/c1-4-19-11-7-10(14(11,2)3)18-13-12(15)9(8-16)5-6-17-13/h5-6,10-11H,4,7H2,1-3H3,(H,17,18). The van der Waals surface area contributed by atoms with E-state index in [9.17, 15) is 0 Å². The van der Waals surface area contributed by atoms with E-state index in [1.54, 1.807) is 12.3 Å². The van der Waals surface area contributed by atoms with Crippen molar-refractivity contribution in [3.8, 4) is 6.07 Å². The zero-order chi connectivity index (χ0) is 14.0. The van der Waals surface area contributed by atoms with Crippen molar-refractivity contribution < 1.29 is 4.74 Å². The van der Waals surface area contributed by atoms with Gasteiger partial charge in [0.2, 0.25) is 0 Å². The molecule has 0 spiro atoms. The second-order valence-corrected chi connectivity index (χ2v) is 5.71. The Hall–Kier alpha value is -1.31. The molecule has 4 nitrogen and oxygen atoms in total. The molecule has 1 fully saturated rings. The first kappa shape index (κ1) is 14.1. The van der Waals surface area contributed by atoms with Crippen molar-refractivity contribution in [1.82, 2.24) is 4.98 Å². The number of nitriles is 1. The largest absolute Gasteiger partial charge is 0.378 e. The van der Waals surface area contributed by atoms with Crippen LogP contribution in [0.2, 0.25) is 5.02 Å². The topological polar surface area (TPSA) is 57.9 Å². The van der Waals surface area contributed by atoms with Crippen molar-refractivity contribution in [2.24, 2.45) is 5.41 Å². The molecule has 1 N–H and O–H groups in total. The summed E-state index contributed by atoms with van der Waals surface area (Å²) in [5, 5.41) is 12.7. The van der Waals surface area contributed by atoms with Gasteiger partial charge in [-0.05, 0) is 19.4 Å². The molecule has 1 heterocycles. The third-order valence-electron chi connectivity index (χ3n) is 3.87. The minimum atomic E-state index is 0.0314. The number of anilines is 1. The Kier molecular flexibility index (Phi) is 3.98. The normalized spacial score (nSPS) is 24.4. The van der Waals surface area contributed by atoms with E-state index in [0.717, 1.165) is 13.0 Å². The lowest BCUT2D eigenvalue weighted by Gasteiger charge is -2.51. The first-order valence-electron chi connectivity index (χ1n) is 6.43. The number of hydrogen-bond acceptors (Lipinski definition) is 4. The van der Waals surface area contributed by atoms with Crippen molar-refractivity contribution >= 4 is 17.4 Å². The predicted octanol–water partition coefficient (Wildman–Crippen LogP) is 3.22. The van der Waals surface area contributed by atoms with Gasteiger partial charge in [0.25, 0.3) is 0 Å². The Morgan fingerprint density at radius 2 is 2.37 bits per heavy atom. The lowest BCUT2D eigenvalue weighted by molar-refractivity contribution is -0.0976. The van der Waals surface area contributed by atoms with Crippen LogP contribution in [-0.2, 0) is 4.74 Å². The van der Waals surface area contributed by atoms with Gasteiger partial charge in [0.15, 0.2) is 0 Å². The average molecular weight is 280 g/mol. The van der Waals surface area contributed by atoms with E-state index in [2.05, 4.69) is 30.2 Å². The molecule has 1 saturated carbocycles. The zero-order valence-electron chi connectivity index (χ0n) is 11.4. The molecule has 0 amide bonds. The van der Waals surface area contributed by atoms with Gasteiger partial charge < -0.3 is 10.1 Å². The molecule has 2 atom stereocenters. The summed E-state index contributed by atoms with van der Waals surface area (Å²) in [6, 6.07) is 3.92. The van der Waals surface area contributed by atoms with E-state index in [-0.39, 0.29) is 17.6 Å². The number of pyridine rings is 1. The van der Waals surface area contributed by atoms with Crippen LogP contribution in [0.1, 0.15) is 32.8 Å². The molecule has 0 radical (unpaired) electrons. The minimum absolute atomic E-state index is 0.0314. The van der Waals surface area contributed by atoms with Crippen LogP contribution in [0.15, 0.2) is 12.3 Å². The quantitative estimate of drug-likeness (QED) is 0.919. The number of hydrogen-bond donors (Lipinski definition) is 1. The Labute approximate surface area is 118 Å². The zero-order valence-corrected chi connectivity index (χ0v) is 12.2. The third-order valence-corrected chi connectivity index (χ3v) is 4.25. The van der Waals surface area contributed by atoms with Gasteiger partial charge >= 0.3 is 0 Å². The van der Waals surface area contributed by atoms with Crippen molar-refractivity contribution in [3.05, 3.63) is 22.8 Å². The molecule has 5 heteroatoms. The minimum Gasteiger partial charge on any atom is -0.378 e. The molecular formula is C14H18ClN3O. The summed E-state index contributed by atoms with van der Waals surface area (Å²) in [7, 11) is 0. The Bertz CT molecular complexity index is 510. The molecule has 2 rings (SSSR count). The molecule has 0 bridgehead atoms. The second kappa shape index (κ2) is 5.36. The lowest BCUT2D eigenvalue weighted by atomic mass is 9.64. The van der Waals surface area contributed by atoms with Crippen LogP contribution in [-0.4, -0.2) is 23.7 Å². The first-order valence-corrected chi connectivity index (χ1v) is 6.81. The van der Waals surface area contributed by atoms with Gasteiger partial charge in [-0.1, -0.05) is 25.4 Å². The van der Waals surface area contributed by atoms with Crippen LogP contribution in [0.4, 0.5) is 5.82 Å². The van der Waals surface area contributed by atoms with Crippen LogP contribution in [0.5, 0.6) is 0 Å². The first-order chi connectivity index (χ1) is 9.00. The highest BCUT2D eigenvalue weighted by Crippen LogP contribution is 2.44. The predicted molar refractivity (Wildman–Crippen MR) is 75.2 cm³/mol. The summed E-state index contributed by atoms with van der Waals surface area (Å²) in [5.74, 6) is 0.578. The van der Waals surface area contributed by atoms with Crippen molar-refractivity contribution in [2.45, 2.75) is 39.3 Å². The van der Waals surface area contributed by atoms with Gasteiger partial charge in [-0.25, -0.2) is 4.98 Å². The molecule has 0 saturated heterocycles. The van der Waals surface area contributed by atoms with Crippen LogP contribution < -0.4 is 5.32 Å². The van der Waals surface area contributed by atoms with Gasteiger partial charge in [0, 0.05) is 24.3 Å². The van der Waals surface area contributed by atoms with Crippen molar-refractivity contribution in [2.75, 3.05) is 11.9 Å². The maximum absolute atomic E-state index is 8.95. The van der Waals surface area contributed by atoms with Gasteiger partial charge in [-0.15, -0.1) is 0 Å². The monoisotopic (exact) mass is 279 g/mol. The highest BCUT2D eigenvalue weighted by molar-refractivity contribution is 6.34. The third kappa shape index (κ3) is 2.54. The molecule has 2 unspecified atom stereocenters. The van der Waals surface area contributed by atoms with Gasteiger partial charge in [0.05, 0.1) is 11.7 Å². The Balaban J connectivity index is 2.10. The van der Waals surface area contributed by atoms with Crippen LogP contribution in [0, 0.1) is 16.7 Å². The summed E-state index contributed by atoms with van der Waals surface area (Å²) < 4.78 is 5.69. The van der Waals surface area contributed by atoms with E-state index in [0.29, 0.717) is 16.4 Å². The molecule has 1 aromatic rings. The fourth-order valence-corrected chi connectivity index (χ4v) is 2.62. The fourth-order valence-electron chi connectivity index (χ4n) is 2.41. The number of rotatable bonds is 4. The van der Waals surface area contributed by atoms with Crippen LogP contribution in [0.25, 0.3) is 0 Å². The molecule has 102 valence electrons. The Morgan fingerprint density at radius 3 is 2.95 bits per heavy atom. The van der Waals surface area contributed by atoms with Gasteiger partial charge in [-0.3, -0.25) is 0 Å². The summed E-state index contributed by atoms with van der Waals surface area (Å²) in [4.78, 5) is 4.21. The molecule has 0 aromatic carbocycles. The molecule has 19 heavy (non-hydrogen) atoms. The summed E-state index contributed by atoms with van der Waals surface area (Å²) >= 11 is 6.15. The molecule has 0 aliphatic heterocycles. The van der Waals surface area contributed by atoms with E-state index < -0.39 is 0 Å². The van der Waals surface area contributed by atoms with Crippen molar-refractivity contribution in [1.29, 1.82) is 5.26 Å². The maximum atomic E-state index is 8.95. The van der Waals surface area contributed by atoms with Crippen LogP contribution in [0.3, 0.4) is 0 Å². The van der Waals surface area contributed by atoms with Gasteiger partial charge in [-0.2, -0.15) is 5.26 Å². The smallest absolute Gasteiger partial charge is 0.146 e. The highest BCUT2D eigenvalue weighted by atomic mass is 35.5. The molecular weight excluding hydrogens is 262 g/mol. The lowest BCUT2D eigenvalue weighted by Crippen LogP contribution is -2.58. The number of ether oxygens (including phenoxy) is 1. The van der Waals surface area contributed by atoms with E-state index in [1.807, 2.05) is 6.92 Å². The summed E-state index contributed by atoms with van der Waals surface area (Å²) in [5.41, 5.74) is 0.474. The number of nitrogens with zero attached hydrogens (tertiary/aromatic N) is 2. The van der Waals surface area contributed by atoms with E-state index >= 15 is 0 Å². The SMILES string of the molecule is CCOC1CC(Nc2nccc(C#N)c2Cl)C1(C)C. The highest BCUT2D eigenvalue weighted by Gasteiger charge is 2.49. The van der Waals surface area contributed by atoms with Crippen molar-refractivity contribution in [3.63, 3.8) is 0 Å². The van der Waals surface area contributed by atoms with E-state index in [1.165, 1.54) is 0 Å². The summed E-state index contributed by atoms with van der Waals surface area (Å²) in [6.07, 6.45) is 2.78. The number of aromatic nitrogens is 1. The maximum Gasteiger partial charge on any atom is 0.146 e. The Morgan fingerprint density at radius 1 is 1.63 bits per heavy atom. The fraction of sp³-hybridized carbons (Fsp3) is 0.571. The number of nitrogens with one attached hydrogen (secondary N) is 1. The van der Waals surface area contributed by atoms with Crippen LogP contribution >= 0.6 is 11.6 Å². The molecule has 1 aliphatic carbocycles. The average Bonchev–Trinajstić information content (AvgIpc) is 2.39. The number of halogens is 1. The van der Waals surface area contributed by atoms with E-state index in [4.69, 9.17) is 21.6 Å². The van der Waals surface area contributed by atoms with Gasteiger partial charge in [0.1, 0.15) is 16.9 Å². The second-order valence-electron chi connectivity index (χ2n) is 5.33. The molecule has 1 aromatic heterocycles. The summed E-state index contributed by atoms with van der Waals surface area (Å²) in [6.45, 7) is 7.06. The molecule has 1 aliphatic rings.